The lowest BCUT2D eigenvalue weighted by molar-refractivity contribution is -0.0424. The number of anilines is 1. The van der Waals surface area contributed by atoms with Crippen molar-refractivity contribution in [2.75, 3.05) is 11.4 Å². The van der Waals surface area contributed by atoms with E-state index in [9.17, 15) is 10.2 Å². The van der Waals surface area contributed by atoms with Crippen LogP contribution in [0.5, 0.6) is 0 Å². The van der Waals surface area contributed by atoms with Crippen LogP contribution in [0.2, 0.25) is 0 Å². The molecule has 3 heterocycles. The maximum absolute atomic E-state index is 9.50. The van der Waals surface area contributed by atoms with E-state index in [0.717, 1.165) is 41.9 Å². The molecule has 0 radical (unpaired) electrons. The Hall–Kier alpha value is -3.03. The summed E-state index contributed by atoms with van der Waals surface area (Å²) in [4.78, 5) is 20.1. The van der Waals surface area contributed by atoms with E-state index >= 15 is 0 Å². The molecule has 0 saturated carbocycles. The third-order valence-electron chi connectivity index (χ3n) is 5.41. The molecule has 4 aromatic rings. The topological polar surface area (TPSA) is 98.2 Å². The highest BCUT2D eigenvalue weighted by Crippen LogP contribution is 2.34. The van der Waals surface area contributed by atoms with Crippen LogP contribution in [-0.2, 0) is 0 Å². The second-order valence-electron chi connectivity index (χ2n) is 7.30. The van der Waals surface area contributed by atoms with E-state index in [1.54, 1.807) is 18.2 Å². The minimum Gasteiger partial charge on any atom is -0.364 e. The summed E-state index contributed by atoms with van der Waals surface area (Å²) < 4.78 is 0. The first-order valence-corrected chi connectivity index (χ1v) is 9.50. The standard InChI is InChI=1S/C21H21N5O2/c1-12-5-4-10-26(12)20-18(19-23-14-6-2-3-7-15(14)24-19)22-16-9-8-13(21(27)28)11-17(16)25-20/h2-3,6-9,11-12,21,27-28H,4-5,10H2,1H3,(H,23,24)/t12-/m0/s1. The largest absolute Gasteiger partial charge is 0.364 e. The predicted molar refractivity (Wildman–Crippen MR) is 108 cm³/mol. The molecule has 0 unspecified atom stereocenters. The second-order valence-corrected chi connectivity index (χ2v) is 7.30. The molecular formula is C21H21N5O2. The number of hydrogen-bond donors (Lipinski definition) is 3. The van der Waals surface area contributed by atoms with Crippen LogP contribution in [0.4, 0.5) is 5.82 Å². The van der Waals surface area contributed by atoms with Crippen LogP contribution in [0.15, 0.2) is 42.5 Å². The number of nitrogens with zero attached hydrogens (tertiary/aromatic N) is 4. The highest BCUT2D eigenvalue weighted by molar-refractivity contribution is 5.85. The van der Waals surface area contributed by atoms with Gasteiger partial charge in [0, 0.05) is 18.2 Å². The van der Waals surface area contributed by atoms with Crippen molar-refractivity contribution in [2.24, 2.45) is 0 Å². The Morgan fingerprint density at radius 2 is 1.89 bits per heavy atom. The number of aliphatic hydroxyl groups is 2. The molecule has 1 aliphatic heterocycles. The first-order chi connectivity index (χ1) is 13.6. The smallest absolute Gasteiger partial charge is 0.178 e. The molecule has 28 heavy (non-hydrogen) atoms. The van der Waals surface area contributed by atoms with Gasteiger partial charge in [0.1, 0.15) is 5.69 Å². The van der Waals surface area contributed by atoms with Crippen LogP contribution in [0.3, 0.4) is 0 Å². The first kappa shape index (κ1) is 17.1. The minimum atomic E-state index is -1.53. The van der Waals surface area contributed by atoms with E-state index in [0.29, 0.717) is 28.5 Å². The van der Waals surface area contributed by atoms with Crippen LogP contribution < -0.4 is 4.90 Å². The van der Waals surface area contributed by atoms with Gasteiger partial charge in [-0.2, -0.15) is 0 Å². The first-order valence-electron chi connectivity index (χ1n) is 9.50. The summed E-state index contributed by atoms with van der Waals surface area (Å²) in [5, 5.41) is 19.0. The molecule has 7 nitrogen and oxygen atoms in total. The Labute approximate surface area is 161 Å². The maximum atomic E-state index is 9.50. The van der Waals surface area contributed by atoms with E-state index in [1.165, 1.54) is 0 Å². The van der Waals surface area contributed by atoms with Crippen molar-refractivity contribution in [3.63, 3.8) is 0 Å². The number of H-pyrrole nitrogens is 1. The number of para-hydroxylation sites is 2. The molecule has 0 aliphatic carbocycles. The van der Waals surface area contributed by atoms with Gasteiger partial charge in [-0.15, -0.1) is 0 Å². The van der Waals surface area contributed by atoms with E-state index in [4.69, 9.17) is 15.0 Å². The number of aliphatic hydroxyl groups excluding tert-OH is 1. The van der Waals surface area contributed by atoms with Crippen molar-refractivity contribution in [3.05, 3.63) is 48.0 Å². The highest BCUT2D eigenvalue weighted by Gasteiger charge is 2.27. The van der Waals surface area contributed by atoms with Gasteiger partial charge in [0.05, 0.1) is 22.1 Å². The summed E-state index contributed by atoms with van der Waals surface area (Å²) in [6.45, 7) is 3.10. The van der Waals surface area contributed by atoms with E-state index in [1.807, 2.05) is 24.3 Å². The maximum Gasteiger partial charge on any atom is 0.178 e. The van der Waals surface area contributed by atoms with Gasteiger partial charge >= 0.3 is 0 Å². The summed E-state index contributed by atoms with van der Waals surface area (Å²) in [5.74, 6) is 1.47. The lowest BCUT2D eigenvalue weighted by Crippen LogP contribution is -2.28. The van der Waals surface area contributed by atoms with Crippen LogP contribution in [0.25, 0.3) is 33.6 Å². The molecule has 1 fully saturated rings. The minimum absolute atomic E-state index is 0.362. The molecule has 1 saturated heterocycles. The van der Waals surface area contributed by atoms with Gasteiger partial charge in [-0.05, 0) is 44.0 Å². The van der Waals surface area contributed by atoms with E-state index in [-0.39, 0.29) is 0 Å². The zero-order valence-corrected chi connectivity index (χ0v) is 15.5. The number of benzene rings is 2. The SMILES string of the molecule is C[C@H]1CCCN1c1nc2cc(C(O)O)ccc2nc1-c1nc2ccccc2[nH]1. The van der Waals surface area contributed by atoms with Crippen molar-refractivity contribution in [1.82, 2.24) is 19.9 Å². The third-order valence-corrected chi connectivity index (χ3v) is 5.41. The van der Waals surface area contributed by atoms with Crippen molar-refractivity contribution < 1.29 is 10.2 Å². The predicted octanol–water partition coefficient (Wildman–Crippen LogP) is 3.15. The molecule has 0 spiro atoms. The van der Waals surface area contributed by atoms with Gasteiger partial charge in [0.25, 0.3) is 0 Å². The number of imidazole rings is 1. The molecular weight excluding hydrogens is 354 g/mol. The second kappa shape index (κ2) is 6.54. The number of aromatic nitrogens is 4. The van der Waals surface area contributed by atoms with Gasteiger partial charge in [-0.3, -0.25) is 0 Å². The molecule has 5 rings (SSSR count). The number of rotatable bonds is 3. The zero-order chi connectivity index (χ0) is 19.3. The normalized spacial score (nSPS) is 17.3. The van der Waals surface area contributed by atoms with Gasteiger partial charge in [0.15, 0.2) is 17.9 Å². The van der Waals surface area contributed by atoms with E-state index < -0.39 is 6.29 Å². The lowest BCUT2D eigenvalue weighted by atomic mass is 10.1. The molecule has 7 heteroatoms. The van der Waals surface area contributed by atoms with Crippen molar-refractivity contribution in [1.29, 1.82) is 0 Å². The van der Waals surface area contributed by atoms with Crippen LogP contribution in [-0.4, -0.2) is 42.7 Å². The van der Waals surface area contributed by atoms with Gasteiger partial charge in [0.2, 0.25) is 0 Å². The summed E-state index contributed by atoms with van der Waals surface area (Å²) in [5.41, 5.74) is 4.29. The van der Waals surface area contributed by atoms with Crippen molar-refractivity contribution in [3.8, 4) is 11.5 Å². The van der Waals surface area contributed by atoms with Gasteiger partial charge < -0.3 is 20.1 Å². The van der Waals surface area contributed by atoms with E-state index in [2.05, 4.69) is 16.8 Å². The molecule has 0 bridgehead atoms. The Bertz CT molecular complexity index is 1140. The average Bonchev–Trinajstić information content (AvgIpc) is 3.32. The van der Waals surface area contributed by atoms with Crippen LogP contribution >= 0.6 is 0 Å². The summed E-state index contributed by atoms with van der Waals surface area (Å²) in [6, 6.07) is 13.4. The number of nitrogens with one attached hydrogen (secondary N) is 1. The van der Waals surface area contributed by atoms with Gasteiger partial charge in [-0.1, -0.05) is 18.2 Å². The molecule has 2 aromatic carbocycles. The lowest BCUT2D eigenvalue weighted by Gasteiger charge is -2.24. The fourth-order valence-electron chi connectivity index (χ4n) is 3.89. The van der Waals surface area contributed by atoms with Crippen molar-refractivity contribution >= 4 is 27.9 Å². The summed E-state index contributed by atoms with van der Waals surface area (Å²) >= 11 is 0. The van der Waals surface area contributed by atoms with Crippen LogP contribution in [0, 0.1) is 0 Å². The molecule has 1 atom stereocenters. The third kappa shape index (κ3) is 2.80. The fraction of sp³-hybridized carbons (Fsp3) is 0.286. The fourth-order valence-corrected chi connectivity index (χ4v) is 3.89. The molecule has 1 aliphatic rings. The summed E-state index contributed by atoms with van der Waals surface area (Å²) in [7, 11) is 0. The molecule has 142 valence electrons. The molecule has 0 amide bonds. The Balaban J connectivity index is 1.74. The Kier molecular flexibility index (Phi) is 3.99. The monoisotopic (exact) mass is 375 g/mol. The quantitative estimate of drug-likeness (QED) is 0.476. The van der Waals surface area contributed by atoms with Gasteiger partial charge in [-0.25, -0.2) is 15.0 Å². The highest BCUT2D eigenvalue weighted by atomic mass is 16.5. The zero-order valence-electron chi connectivity index (χ0n) is 15.5. The number of hydrogen-bond acceptors (Lipinski definition) is 6. The van der Waals surface area contributed by atoms with Crippen LogP contribution in [0.1, 0.15) is 31.6 Å². The van der Waals surface area contributed by atoms with Crippen molar-refractivity contribution in [2.45, 2.75) is 32.1 Å². The molecule has 2 aromatic heterocycles. The number of fused-ring (bicyclic) bond motifs is 2. The summed E-state index contributed by atoms with van der Waals surface area (Å²) in [6.07, 6.45) is 0.681. The number of aromatic amines is 1. The average molecular weight is 375 g/mol. The Morgan fingerprint density at radius 1 is 1.04 bits per heavy atom. The Morgan fingerprint density at radius 3 is 2.64 bits per heavy atom. The molecule has 3 N–H and O–H groups in total.